The van der Waals surface area contributed by atoms with E-state index < -0.39 is 14.9 Å². The predicted molar refractivity (Wildman–Crippen MR) is 119 cm³/mol. The number of piperazine rings is 1. The topological polar surface area (TPSA) is 113 Å². The number of hydrogen-bond acceptors (Lipinski definition) is 6. The second kappa shape index (κ2) is 9.82. The lowest BCUT2D eigenvalue weighted by Crippen LogP contribution is -2.49. The number of carbonyl (C=O) groups is 1. The maximum atomic E-state index is 12.5. The number of nitrogens with one attached hydrogen (secondary N) is 1. The molecule has 2 aromatic carbocycles. The Hall–Kier alpha value is -3.08. The van der Waals surface area contributed by atoms with E-state index in [0.29, 0.717) is 18.8 Å². The Kier molecular flexibility index (Phi) is 7.16. The molecule has 0 aromatic heterocycles. The van der Waals surface area contributed by atoms with Crippen LogP contribution in [0, 0.1) is 17.0 Å². The van der Waals surface area contributed by atoms with Gasteiger partial charge in [-0.05, 0) is 24.1 Å². The maximum Gasteiger partial charge on any atom is 0.271 e. The minimum atomic E-state index is -3.54. The van der Waals surface area contributed by atoms with Gasteiger partial charge >= 0.3 is 0 Å². The third-order valence-corrected chi connectivity index (χ3v) is 6.56. The van der Waals surface area contributed by atoms with Crippen LogP contribution in [0.1, 0.15) is 11.1 Å². The predicted octanol–water partition coefficient (Wildman–Crippen LogP) is 2.46. The molecule has 0 atom stereocenters. The van der Waals surface area contributed by atoms with Gasteiger partial charge in [0.1, 0.15) is 0 Å². The molecule has 0 spiro atoms. The second-order valence-corrected chi connectivity index (χ2v) is 9.06. The Balaban J connectivity index is 1.53. The van der Waals surface area contributed by atoms with Gasteiger partial charge in [0.2, 0.25) is 15.9 Å². The maximum absolute atomic E-state index is 12.5. The summed E-state index contributed by atoms with van der Waals surface area (Å²) < 4.78 is 26.5. The van der Waals surface area contributed by atoms with Crippen molar-refractivity contribution in [1.82, 2.24) is 9.21 Å². The molecule has 1 aliphatic heterocycles. The molecule has 3 rings (SSSR count). The summed E-state index contributed by atoms with van der Waals surface area (Å²) in [4.78, 5) is 24.7. The van der Waals surface area contributed by atoms with Crippen LogP contribution in [0.3, 0.4) is 0 Å². The molecule has 1 N–H and O–H groups in total. The Labute approximate surface area is 181 Å². The molecule has 1 fully saturated rings. The summed E-state index contributed by atoms with van der Waals surface area (Å²) in [5, 5.41) is 14.8. The summed E-state index contributed by atoms with van der Waals surface area (Å²) in [5.74, 6) is -0.302. The number of nitro groups is 1. The van der Waals surface area contributed by atoms with Crippen LogP contribution in [0.5, 0.6) is 0 Å². The summed E-state index contributed by atoms with van der Waals surface area (Å²) in [6.45, 7) is 3.23. The molecular formula is C21H24N4O5S. The number of hydrogen-bond donors (Lipinski definition) is 1. The highest BCUT2D eigenvalue weighted by molar-refractivity contribution is 7.92. The summed E-state index contributed by atoms with van der Waals surface area (Å²) in [6, 6.07) is 13.5. The number of rotatable bonds is 7. The Bertz CT molecular complexity index is 1080. The number of anilines is 1. The molecule has 31 heavy (non-hydrogen) atoms. The Morgan fingerprint density at radius 1 is 1.13 bits per heavy atom. The van der Waals surface area contributed by atoms with Crippen LogP contribution in [-0.2, 0) is 14.8 Å². The molecule has 9 nitrogen and oxygen atoms in total. The summed E-state index contributed by atoms with van der Waals surface area (Å²) in [6.07, 6.45) is 1.57. The lowest BCUT2D eigenvalue weighted by Gasteiger charge is -2.32. The van der Waals surface area contributed by atoms with Gasteiger partial charge in [-0.15, -0.1) is 0 Å². The largest absolute Gasteiger partial charge is 0.324 e. The van der Waals surface area contributed by atoms with Gasteiger partial charge < -0.3 is 5.32 Å². The highest BCUT2D eigenvalue weighted by Crippen LogP contribution is 2.22. The van der Waals surface area contributed by atoms with E-state index in [1.165, 1.54) is 21.8 Å². The van der Waals surface area contributed by atoms with Crippen molar-refractivity contribution in [3.8, 4) is 0 Å². The van der Waals surface area contributed by atoms with Gasteiger partial charge in [0.25, 0.3) is 5.69 Å². The fourth-order valence-corrected chi connectivity index (χ4v) is 4.38. The molecule has 0 saturated carbocycles. The van der Waals surface area contributed by atoms with Crippen molar-refractivity contribution in [2.24, 2.45) is 0 Å². The zero-order valence-electron chi connectivity index (χ0n) is 17.1. The first-order valence-electron chi connectivity index (χ1n) is 9.75. The van der Waals surface area contributed by atoms with Crippen LogP contribution in [0.2, 0.25) is 0 Å². The van der Waals surface area contributed by atoms with Crippen LogP contribution < -0.4 is 5.32 Å². The van der Waals surface area contributed by atoms with E-state index >= 15 is 0 Å². The second-order valence-electron chi connectivity index (χ2n) is 7.24. The van der Waals surface area contributed by atoms with E-state index in [2.05, 4.69) is 5.32 Å². The molecule has 2 aromatic rings. The van der Waals surface area contributed by atoms with Crippen molar-refractivity contribution < 1.29 is 18.1 Å². The van der Waals surface area contributed by atoms with E-state index in [0.717, 1.165) is 11.1 Å². The standard InChI is InChI=1S/C21H24N4O5S/c1-17-7-8-19(25(27)28)15-20(17)22-21(26)16-23-10-12-24(13-11-23)31(29,30)14-9-18-5-3-2-4-6-18/h2-9,14-15H,10-13,16H2,1H3,(H,22,26)/b14-9+. The molecule has 0 radical (unpaired) electrons. The number of nitro benzene ring substituents is 1. The Morgan fingerprint density at radius 2 is 1.81 bits per heavy atom. The fourth-order valence-electron chi connectivity index (χ4n) is 3.21. The number of amides is 1. The normalized spacial score (nSPS) is 15.8. The molecule has 0 bridgehead atoms. The van der Waals surface area contributed by atoms with Crippen molar-refractivity contribution >= 4 is 33.4 Å². The number of carbonyl (C=O) groups excluding carboxylic acids is 1. The zero-order chi connectivity index (χ0) is 22.4. The molecule has 1 amide bonds. The van der Waals surface area contributed by atoms with Gasteiger partial charge in [-0.3, -0.25) is 19.8 Å². The van der Waals surface area contributed by atoms with E-state index in [1.54, 1.807) is 19.1 Å². The molecule has 10 heteroatoms. The first-order chi connectivity index (χ1) is 14.7. The van der Waals surface area contributed by atoms with Crippen LogP contribution in [0.25, 0.3) is 6.08 Å². The van der Waals surface area contributed by atoms with Gasteiger partial charge in [-0.1, -0.05) is 36.4 Å². The quantitative estimate of drug-likeness (QED) is 0.518. The van der Waals surface area contributed by atoms with Crippen molar-refractivity contribution in [1.29, 1.82) is 0 Å². The number of nitrogens with zero attached hydrogens (tertiary/aromatic N) is 3. The average molecular weight is 445 g/mol. The van der Waals surface area contributed by atoms with Gasteiger partial charge in [-0.2, -0.15) is 4.31 Å². The van der Waals surface area contributed by atoms with Crippen LogP contribution in [-0.4, -0.2) is 61.2 Å². The molecular weight excluding hydrogens is 420 g/mol. The number of non-ortho nitro benzene ring substituents is 1. The first kappa shape index (κ1) is 22.6. The van der Waals surface area contributed by atoms with E-state index in [-0.39, 0.29) is 31.2 Å². The number of benzene rings is 2. The molecule has 0 unspecified atom stereocenters. The highest BCUT2D eigenvalue weighted by Gasteiger charge is 2.26. The van der Waals surface area contributed by atoms with Crippen LogP contribution in [0.4, 0.5) is 11.4 Å². The van der Waals surface area contributed by atoms with Crippen LogP contribution in [0.15, 0.2) is 53.9 Å². The van der Waals surface area contributed by atoms with E-state index in [4.69, 9.17) is 0 Å². The number of aryl methyl sites for hydroxylation is 1. The van der Waals surface area contributed by atoms with Crippen molar-refractivity contribution in [3.63, 3.8) is 0 Å². The smallest absolute Gasteiger partial charge is 0.271 e. The van der Waals surface area contributed by atoms with Gasteiger partial charge in [0.05, 0.1) is 17.2 Å². The number of sulfonamides is 1. The zero-order valence-corrected chi connectivity index (χ0v) is 17.9. The highest BCUT2D eigenvalue weighted by atomic mass is 32.2. The molecule has 164 valence electrons. The Morgan fingerprint density at radius 3 is 2.45 bits per heavy atom. The van der Waals surface area contributed by atoms with E-state index in [9.17, 15) is 23.3 Å². The summed E-state index contributed by atoms with van der Waals surface area (Å²) >= 11 is 0. The van der Waals surface area contributed by atoms with Gasteiger partial charge in [-0.25, -0.2) is 8.42 Å². The SMILES string of the molecule is Cc1ccc([N+](=O)[O-])cc1NC(=O)CN1CCN(S(=O)(=O)/C=C/c2ccccc2)CC1. The molecule has 1 aliphatic rings. The fraction of sp³-hybridized carbons (Fsp3) is 0.286. The van der Waals surface area contributed by atoms with E-state index in [1.807, 2.05) is 35.2 Å². The van der Waals surface area contributed by atoms with Gasteiger partial charge in [0, 0.05) is 43.7 Å². The molecule has 1 saturated heterocycles. The third kappa shape index (κ3) is 6.20. The lowest BCUT2D eigenvalue weighted by molar-refractivity contribution is -0.384. The van der Waals surface area contributed by atoms with Crippen molar-refractivity contribution in [2.45, 2.75) is 6.92 Å². The van der Waals surface area contributed by atoms with Gasteiger partial charge in [0.15, 0.2) is 0 Å². The molecule has 0 aliphatic carbocycles. The first-order valence-corrected chi connectivity index (χ1v) is 11.3. The van der Waals surface area contributed by atoms with Crippen molar-refractivity contribution in [3.05, 3.63) is 75.2 Å². The minimum absolute atomic E-state index is 0.0792. The van der Waals surface area contributed by atoms with Crippen LogP contribution >= 0.6 is 0 Å². The third-order valence-electron chi connectivity index (χ3n) is 5.00. The average Bonchev–Trinajstić information content (AvgIpc) is 2.75. The summed E-state index contributed by atoms with van der Waals surface area (Å²) in [7, 11) is -3.54. The minimum Gasteiger partial charge on any atom is -0.324 e. The monoisotopic (exact) mass is 444 g/mol. The molecule has 1 heterocycles. The van der Waals surface area contributed by atoms with Crippen molar-refractivity contribution in [2.75, 3.05) is 38.0 Å². The summed E-state index contributed by atoms with van der Waals surface area (Å²) in [5.41, 5.74) is 1.83. The lowest BCUT2D eigenvalue weighted by atomic mass is 10.2.